The van der Waals surface area contributed by atoms with E-state index >= 15 is 0 Å². The van der Waals surface area contributed by atoms with Crippen molar-refractivity contribution < 1.29 is 19.1 Å². The molecule has 9 heteroatoms. The monoisotopic (exact) mass is 438 g/mol. The van der Waals surface area contributed by atoms with Crippen LogP contribution in [0.4, 0.5) is 11.4 Å². The van der Waals surface area contributed by atoms with Crippen LogP contribution in [0.1, 0.15) is 6.92 Å². The van der Waals surface area contributed by atoms with E-state index < -0.39 is 0 Å². The molecule has 3 rings (SSSR count). The van der Waals surface area contributed by atoms with Crippen LogP contribution in [0.25, 0.3) is 11.3 Å². The van der Waals surface area contributed by atoms with Gasteiger partial charge in [0.15, 0.2) is 0 Å². The van der Waals surface area contributed by atoms with Crippen molar-refractivity contribution >= 4 is 35.0 Å². The molecule has 160 valence electrons. The fourth-order valence-electron chi connectivity index (χ4n) is 2.77. The summed E-state index contributed by atoms with van der Waals surface area (Å²) in [7, 11) is 3.19. The van der Waals surface area contributed by atoms with Gasteiger partial charge in [0.05, 0.1) is 25.7 Å². The van der Waals surface area contributed by atoms with E-state index in [4.69, 9.17) is 9.47 Å². The molecule has 31 heavy (non-hydrogen) atoms. The summed E-state index contributed by atoms with van der Waals surface area (Å²) in [6.07, 6.45) is 0. The highest BCUT2D eigenvalue weighted by Gasteiger charge is 2.11. The summed E-state index contributed by atoms with van der Waals surface area (Å²) in [4.78, 5) is 23.4. The Hall–Kier alpha value is -3.59. The van der Waals surface area contributed by atoms with E-state index in [0.717, 1.165) is 5.56 Å². The number of amides is 2. The van der Waals surface area contributed by atoms with Crippen molar-refractivity contribution in [3.63, 3.8) is 0 Å². The molecule has 8 nitrogen and oxygen atoms in total. The standard InChI is InChI=1S/C22H22N4O4S/c1-14(27)23-15-5-4-6-16(11-15)24-21(28)13-31-22-10-8-19(25-26-22)18-12-17(29-2)7-9-20(18)30-3/h4-12H,13H2,1-3H3,(H,23,27)(H,24,28). The van der Waals surface area contributed by atoms with Gasteiger partial charge >= 0.3 is 0 Å². The maximum Gasteiger partial charge on any atom is 0.234 e. The highest BCUT2D eigenvalue weighted by molar-refractivity contribution is 7.99. The molecule has 0 saturated heterocycles. The van der Waals surface area contributed by atoms with Crippen molar-refractivity contribution in [3.05, 3.63) is 54.6 Å². The Kier molecular flexibility index (Phi) is 7.45. The van der Waals surface area contributed by atoms with Crippen LogP contribution in [0.15, 0.2) is 59.6 Å². The molecule has 0 saturated carbocycles. The Morgan fingerprint density at radius 3 is 2.35 bits per heavy atom. The number of benzene rings is 2. The summed E-state index contributed by atoms with van der Waals surface area (Å²) in [6, 6.07) is 16.0. The number of aromatic nitrogens is 2. The van der Waals surface area contributed by atoms with Crippen LogP contribution in [0.2, 0.25) is 0 Å². The van der Waals surface area contributed by atoms with Gasteiger partial charge in [-0.1, -0.05) is 17.8 Å². The number of methoxy groups -OCH3 is 2. The zero-order valence-corrected chi connectivity index (χ0v) is 18.2. The molecule has 1 aromatic heterocycles. The minimum absolute atomic E-state index is 0.168. The van der Waals surface area contributed by atoms with Gasteiger partial charge in [0.1, 0.15) is 16.5 Å². The third-order valence-corrected chi connectivity index (χ3v) is 5.06. The van der Waals surface area contributed by atoms with Crippen LogP contribution in [0, 0.1) is 0 Å². The van der Waals surface area contributed by atoms with Crippen LogP contribution in [0.3, 0.4) is 0 Å². The van der Waals surface area contributed by atoms with Crippen LogP contribution in [-0.2, 0) is 9.59 Å². The molecular formula is C22H22N4O4S. The predicted octanol–water partition coefficient (Wildman–Crippen LogP) is 3.85. The summed E-state index contributed by atoms with van der Waals surface area (Å²) in [5, 5.41) is 14.6. The van der Waals surface area contributed by atoms with Crippen molar-refractivity contribution in [1.29, 1.82) is 0 Å². The topological polar surface area (TPSA) is 102 Å². The molecule has 0 spiro atoms. The minimum atomic E-state index is -0.190. The first-order chi connectivity index (χ1) is 15.0. The smallest absolute Gasteiger partial charge is 0.234 e. The number of carbonyl (C=O) groups is 2. The summed E-state index contributed by atoms with van der Waals surface area (Å²) in [6.45, 7) is 1.43. The SMILES string of the molecule is COc1ccc(OC)c(-c2ccc(SCC(=O)Nc3cccc(NC(C)=O)c3)nn2)c1. The summed E-state index contributed by atoms with van der Waals surface area (Å²) in [5.74, 6) is 1.16. The number of ether oxygens (including phenoxy) is 2. The summed E-state index contributed by atoms with van der Waals surface area (Å²) >= 11 is 1.27. The number of thioether (sulfide) groups is 1. The van der Waals surface area contributed by atoms with Crippen molar-refractivity contribution in [2.45, 2.75) is 11.9 Å². The number of nitrogens with one attached hydrogen (secondary N) is 2. The molecule has 2 N–H and O–H groups in total. The average Bonchev–Trinajstić information content (AvgIpc) is 2.77. The molecule has 3 aromatic rings. The Balaban J connectivity index is 1.61. The molecule has 0 atom stereocenters. The number of hydrogen-bond donors (Lipinski definition) is 2. The van der Waals surface area contributed by atoms with Crippen LogP contribution >= 0.6 is 11.8 Å². The third-order valence-electron chi connectivity index (χ3n) is 4.14. The molecule has 0 aliphatic heterocycles. The molecule has 2 aromatic carbocycles. The van der Waals surface area contributed by atoms with Crippen LogP contribution < -0.4 is 20.1 Å². The fourth-order valence-corrected chi connectivity index (χ4v) is 3.38. The van der Waals surface area contributed by atoms with Gasteiger partial charge in [-0.05, 0) is 48.5 Å². The average molecular weight is 439 g/mol. The lowest BCUT2D eigenvalue weighted by Crippen LogP contribution is -2.14. The van der Waals surface area contributed by atoms with Gasteiger partial charge in [0, 0.05) is 23.9 Å². The second-order valence-electron chi connectivity index (χ2n) is 6.42. The van der Waals surface area contributed by atoms with Crippen molar-refractivity contribution in [3.8, 4) is 22.8 Å². The molecule has 1 heterocycles. The second-order valence-corrected chi connectivity index (χ2v) is 7.42. The maximum atomic E-state index is 12.3. The lowest BCUT2D eigenvalue weighted by atomic mass is 10.1. The first-order valence-corrected chi connectivity index (χ1v) is 10.3. The van der Waals surface area contributed by atoms with Gasteiger partial charge in [-0.15, -0.1) is 10.2 Å². The number of carbonyl (C=O) groups excluding carboxylic acids is 2. The van der Waals surface area contributed by atoms with E-state index in [1.165, 1.54) is 18.7 Å². The van der Waals surface area contributed by atoms with E-state index in [9.17, 15) is 9.59 Å². The zero-order valence-electron chi connectivity index (χ0n) is 17.3. The lowest BCUT2D eigenvalue weighted by Gasteiger charge is -2.10. The van der Waals surface area contributed by atoms with Gasteiger partial charge in [0.25, 0.3) is 0 Å². The van der Waals surface area contributed by atoms with Gasteiger partial charge in [0.2, 0.25) is 11.8 Å². The van der Waals surface area contributed by atoms with E-state index in [1.54, 1.807) is 44.6 Å². The van der Waals surface area contributed by atoms with Crippen LogP contribution in [-0.4, -0.2) is 42.0 Å². The quantitative estimate of drug-likeness (QED) is 0.515. The molecule has 0 unspecified atom stereocenters. The zero-order chi connectivity index (χ0) is 22.2. The Morgan fingerprint density at radius 1 is 0.935 bits per heavy atom. The highest BCUT2D eigenvalue weighted by atomic mass is 32.2. The molecule has 0 bridgehead atoms. The van der Waals surface area contributed by atoms with E-state index in [1.807, 2.05) is 24.3 Å². The van der Waals surface area contributed by atoms with Crippen molar-refractivity contribution in [2.24, 2.45) is 0 Å². The van der Waals surface area contributed by atoms with Gasteiger partial charge in [-0.3, -0.25) is 9.59 Å². The largest absolute Gasteiger partial charge is 0.497 e. The first-order valence-electron chi connectivity index (χ1n) is 9.35. The molecule has 0 aliphatic carbocycles. The first kappa shape index (κ1) is 22.1. The van der Waals surface area contributed by atoms with Crippen LogP contribution in [0.5, 0.6) is 11.5 Å². The van der Waals surface area contributed by atoms with Gasteiger partial charge in [-0.2, -0.15) is 0 Å². The number of hydrogen-bond acceptors (Lipinski definition) is 7. The molecular weight excluding hydrogens is 416 g/mol. The van der Waals surface area contributed by atoms with E-state index in [0.29, 0.717) is 33.6 Å². The van der Waals surface area contributed by atoms with E-state index in [-0.39, 0.29) is 17.6 Å². The number of rotatable bonds is 8. The Morgan fingerprint density at radius 2 is 1.71 bits per heavy atom. The number of nitrogens with zero attached hydrogens (tertiary/aromatic N) is 2. The maximum absolute atomic E-state index is 12.3. The summed E-state index contributed by atoms with van der Waals surface area (Å²) < 4.78 is 10.7. The molecule has 0 fully saturated rings. The summed E-state index contributed by atoms with van der Waals surface area (Å²) in [5.41, 5.74) is 2.62. The van der Waals surface area contributed by atoms with E-state index in [2.05, 4.69) is 20.8 Å². The third kappa shape index (κ3) is 6.19. The lowest BCUT2D eigenvalue weighted by molar-refractivity contribution is -0.114. The van der Waals surface area contributed by atoms with Gasteiger partial charge in [-0.25, -0.2) is 0 Å². The molecule has 0 radical (unpaired) electrons. The van der Waals surface area contributed by atoms with Crippen molar-refractivity contribution in [1.82, 2.24) is 10.2 Å². The Labute approximate surface area is 184 Å². The van der Waals surface area contributed by atoms with Crippen molar-refractivity contribution in [2.75, 3.05) is 30.6 Å². The molecule has 2 amide bonds. The minimum Gasteiger partial charge on any atom is -0.497 e. The number of anilines is 2. The molecule has 0 aliphatic rings. The fraction of sp³-hybridized carbons (Fsp3) is 0.182. The highest BCUT2D eigenvalue weighted by Crippen LogP contribution is 2.32. The normalized spacial score (nSPS) is 10.3. The Bertz CT molecular complexity index is 1070. The second kappa shape index (κ2) is 10.4. The van der Waals surface area contributed by atoms with Gasteiger partial charge < -0.3 is 20.1 Å². The predicted molar refractivity (Wildman–Crippen MR) is 121 cm³/mol.